The van der Waals surface area contributed by atoms with Crippen molar-refractivity contribution in [3.05, 3.63) is 30.1 Å². The van der Waals surface area contributed by atoms with E-state index >= 15 is 0 Å². The highest BCUT2D eigenvalue weighted by molar-refractivity contribution is 5.92. The Kier molecular flexibility index (Phi) is 7.75. The molecule has 1 heterocycles. The summed E-state index contributed by atoms with van der Waals surface area (Å²) in [7, 11) is 1.69. The number of rotatable bonds is 5. The van der Waals surface area contributed by atoms with E-state index in [0.717, 1.165) is 19.4 Å². The van der Waals surface area contributed by atoms with E-state index in [1.807, 2.05) is 4.90 Å². The number of amides is 1. The van der Waals surface area contributed by atoms with Crippen LogP contribution in [-0.2, 0) is 9.53 Å². The van der Waals surface area contributed by atoms with Crippen LogP contribution in [0.15, 0.2) is 24.3 Å². The molecular formula is C15H23ClFN3O2. The zero-order valence-corrected chi connectivity index (χ0v) is 13.4. The summed E-state index contributed by atoms with van der Waals surface area (Å²) in [5, 5.41) is 2.60. The second-order valence-corrected chi connectivity index (χ2v) is 5.27. The first kappa shape index (κ1) is 18.8. The van der Waals surface area contributed by atoms with Crippen molar-refractivity contribution < 1.29 is 13.9 Å². The molecule has 0 aromatic heterocycles. The first-order valence-electron chi connectivity index (χ1n) is 7.15. The summed E-state index contributed by atoms with van der Waals surface area (Å²) in [6, 6.07) is 6.26. The van der Waals surface area contributed by atoms with E-state index in [-0.39, 0.29) is 42.7 Å². The number of nitrogens with zero attached hydrogens (tertiary/aromatic N) is 1. The smallest absolute Gasteiger partial charge is 0.238 e. The van der Waals surface area contributed by atoms with Gasteiger partial charge in [-0.2, -0.15) is 0 Å². The van der Waals surface area contributed by atoms with Crippen molar-refractivity contribution in [1.29, 1.82) is 0 Å². The van der Waals surface area contributed by atoms with Crippen LogP contribution in [0.5, 0.6) is 0 Å². The SMILES string of the molecule is COC1CCN(CC(=O)Nc2ccccc2F)C(CN)C1.Cl. The van der Waals surface area contributed by atoms with Gasteiger partial charge in [-0.3, -0.25) is 9.69 Å². The van der Waals surface area contributed by atoms with Crippen molar-refractivity contribution in [3.8, 4) is 0 Å². The van der Waals surface area contributed by atoms with Crippen LogP contribution in [-0.4, -0.2) is 49.7 Å². The van der Waals surface area contributed by atoms with Crippen LogP contribution in [0.25, 0.3) is 0 Å². The molecule has 0 spiro atoms. The number of piperidine rings is 1. The van der Waals surface area contributed by atoms with Crippen LogP contribution < -0.4 is 11.1 Å². The Bertz CT molecular complexity index is 490. The number of halogens is 2. The Hall–Kier alpha value is -1.21. The van der Waals surface area contributed by atoms with Gasteiger partial charge in [-0.1, -0.05) is 12.1 Å². The fraction of sp³-hybridized carbons (Fsp3) is 0.533. The Labute approximate surface area is 136 Å². The van der Waals surface area contributed by atoms with Crippen LogP contribution in [0, 0.1) is 5.82 Å². The maximum atomic E-state index is 13.5. The van der Waals surface area contributed by atoms with E-state index in [0.29, 0.717) is 6.54 Å². The van der Waals surface area contributed by atoms with E-state index in [4.69, 9.17) is 10.5 Å². The zero-order valence-electron chi connectivity index (χ0n) is 12.6. The Morgan fingerprint density at radius 2 is 2.23 bits per heavy atom. The lowest BCUT2D eigenvalue weighted by Gasteiger charge is -2.37. The monoisotopic (exact) mass is 331 g/mol. The summed E-state index contributed by atoms with van der Waals surface area (Å²) in [6.45, 7) is 1.45. The number of likely N-dealkylation sites (tertiary alicyclic amines) is 1. The van der Waals surface area contributed by atoms with Crippen molar-refractivity contribution in [1.82, 2.24) is 4.90 Å². The molecule has 124 valence electrons. The molecule has 2 unspecified atom stereocenters. The van der Waals surface area contributed by atoms with Crippen molar-refractivity contribution in [3.63, 3.8) is 0 Å². The Morgan fingerprint density at radius 3 is 2.86 bits per heavy atom. The molecule has 1 aromatic carbocycles. The molecule has 1 amide bonds. The highest BCUT2D eigenvalue weighted by atomic mass is 35.5. The lowest BCUT2D eigenvalue weighted by Crippen LogP contribution is -2.51. The molecule has 0 aliphatic carbocycles. The number of carbonyl (C=O) groups excluding carboxylic acids is 1. The number of nitrogens with two attached hydrogens (primary N) is 1. The van der Waals surface area contributed by atoms with Crippen molar-refractivity contribution in [2.45, 2.75) is 25.0 Å². The third kappa shape index (κ3) is 4.91. The molecule has 2 rings (SSSR count). The van der Waals surface area contributed by atoms with E-state index in [2.05, 4.69) is 5.32 Å². The van der Waals surface area contributed by atoms with Crippen molar-refractivity contribution in [2.24, 2.45) is 5.73 Å². The highest BCUT2D eigenvalue weighted by Crippen LogP contribution is 2.19. The zero-order chi connectivity index (χ0) is 15.2. The average Bonchev–Trinajstić information content (AvgIpc) is 2.50. The molecule has 1 saturated heterocycles. The van der Waals surface area contributed by atoms with Crippen LogP contribution in [0.2, 0.25) is 0 Å². The predicted molar refractivity (Wildman–Crippen MR) is 86.7 cm³/mol. The van der Waals surface area contributed by atoms with Crippen LogP contribution in [0.1, 0.15) is 12.8 Å². The van der Waals surface area contributed by atoms with Gasteiger partial charge in [0, 0.05) is 26.2 Å². The molecule has 1 aliphatic heterocycles. The Morgan fingerprint density at radius 1 is 1.50 bits per heavy atom. The summed E-state index contributed by atoms with van der Waals surface area (Å²) in [6.07, 6.45) is 1.89. The van der Waals surface area contributed by atoms with Crippen LogP contribution >= 0.6 is 12.4 Å². The normalized spacial score (nSPS) is 22.0. The molecule has 3 N–H and O–H groups in total. The molecule has 1 fully saturated rings. The number of hydrogen-bond donors (Lipinski definition) is 2. The maximum absolute atomic E-state index is 13.5. The van der Waals surface area contributed by atoms with Gasteiger partial charge in [-0.15, -0.1) is 12.4 Å². The molecule has 7 heteroatoms. The number of anilines is 1. The summed E-state index contributed by atoms with van der Waals surface area (Å²) in [5.74, 6) is -0.659. The van der Waals surface area contributed by atoms with Crippen LogP contribution in [0.4, 0.5) is 10.1 Å². The average molecular weight is 332 g/mol. The minimum absolute atomic E-state index is 0. The fourth-order valence-corrected chi connectivity index (χ4v) is 2.67. The largest absolute Gasteiger partial charge is 0.381 e. The molecule has 22 heavy (non-hydrogen) atoms. The third-order valence-corrected chi connectivity index (χ3v) is 3.89. The van der Waals surface area contributed by atoms with Gasteiger partial charge >= 0.3 is 0 Å². The van der Waals surface area contributed by atoms with E-state index in [9.17, 15) is 9.18 Å². The van der Waals surface area contributed by atoms with Gasteiger partial charge in [0.25, 0.3) is 0 Å². The number of hydrogen-bond acceptors (Lipinski definition) is 4. The number of para-hydroxylation sites is 1. The van der Waals surface area contributed by atoms with Gasteiger partial charge < -0.3 is 15.8 Å². The number of benzene rings is 1. The van der Waals surface area contributed by atoms with E-state index in [1.165, 1.54) is 6.07 Å². The van der Waals surface area contributed by atoms with Crippen LogP contribution in [0.3, 0.4) is 0 Å². The lowest BCUT2D eigenvalue weighted by molar-refractivity contribution is -0.118. The van der Waals surface area contributed by atoms with Gasteiger partial charge in [0.2, 0.25) is 5.91 Å². The molecule has 1 aliphatic rings. The van der Waals surface area contributed by atoms with Gasteiger partial charge in [-0.25, -0.2) is 4.39 Å². The van der Waals surface area contributed by atoms with E-state index < -0.39 is 5.82 Å². The Balaban J connectivity index is 0.00000242. The quantitative estimate of drug-likeness (QED) is 0.860. The van der Waals surface area contributed by atoms with Crippen molar-refractivity contribution >= 4 is 24.0 Å². The number of methoxy groups -OCH3 is 1. The topological polar surface area (TPSA) is 67.6 Å². The maximum Gasteiger partial charge on any atom is 0.238 e. The number of carbonyl (C=O) groups is 1. The third-order valence-electron chi connectivity index (χ3n) is 3.89. The summed E-state index contributed by atoms with van der Waals surface area (Å²) < 4.78 is 18.9. The molecular weight excluding hydrogens is 309 g/mol. The summed E-state index contributed by atoms with van der Waals surface area (Å²) >= 11 is 0. The van der Waals surface area contributed by atoms with Gasteiger partial charge in [0.05, 0.1) is 18.3 Å². The van der Waals surface area contributed by atoms with Gasteiger partial charge in [0.15, 0.2) is 0 Å². The summed E-state index contributed by atoms with van der Waals surface area (Å²) in [5.41, 5.74) is 5.98. The molecule has 2 atom stereocenters. The molecule has 5 nitrogen and oxygen atoms in total. The van der Waals surface area contributed by atoms with Gasteiger partial charge in [0.1, 0.15) is 5.82 Å². The first-order chi connectivity index (χ1) is 10.1. The summed E-state index contributed by atoms with van der Waals surface area (Å²) in [4.78, 5) is 14.1. The molecule has 0 bridgehead atoms. The predicted octanol–water partition coefficient (Wildman–Crippen LogP) is 1.62. The second-order valence-electron chi connectivity index (χ2n) is 5.27. The minimum Gasteiger partial charge on any atom is -0.381 e. The standard InChI is InChI=1S/C15H22FN3O2.ClH/c1-21-12-6-7-19(11(8-12)9-17)10-15(20)18-14-5-3-2-4-13(14)16;/h2-5,11-12H,6-10,17H2,1H3,(H,18,20);1H. The second kappa shape index (κ2) is 9.05. The lowest BCUT2D eigenvalue weighted by atomic mass is 9.99. The van der Waals surface area contributed by atoms with Crippen molar-refractivity contribution in [2.75, 3.05) is 32.1 Å². The molecule has 0 radical (unpaired) electrons. The molecule has 1 aromatic rings. The number of nitrogens with one attached hydrogen (secondary N) is 1. The fourth-order valence-electron chi connectivity index (χ4n) is 2.67. The minimum atomic E-state index is -0.431. The van der Waals surface area contributed by atoms with E-state index in [1.54, 1.807) is 25.3 Å². The first-order valence-corrected chi connectivity index (χ1v) is 7.15. The molecule has 0 saturated carbocycles. The van der Waals surface area contributed by atoms with Gasteiger partial charge in [-0.05, 0) is 25.0 Å². The highest BCUT2D eigenvalue weighted by Gasteiger charge is 2.28. The number of ether oxygens (including phenoxy) is 1.